The third-order valence-corrected chi connectivity index (χ3v) is 3.76. The van der Waals surface area contributed by atoms with Gasteiger partial charge in [0.05, 0.1) is 30.1 Å². The molecule has 0 aliphatic carbocycles. The number of hydrogen-bond acceptors (Lipinski definition) is 2. The Labute approximate surface area is 122 Å². The van der Waals surface area contributed by atoms with Gasteiger partial charge in [-0.1, -0.05) is 17.7 Å². The van der Waals surface area contributed by atoms with E-state index in [1.165, 1.54) is 0 Å². The molecule has 2 aromatic heterocycles. The molecule has 1 N–H and O–H groups in total. The predicted octanol–water partition coefficient (Wildman–Crippen LogP) is 2.88. The fourth-order valence-electron chi connectivity index (χ4n) is 2.58. The van der Waals surface area contributed by atoms with Gasteiger partial charge in [0.2, 0.25) is 0 Å². The Morgan fingerprint density at radius 1 is 1.30 bits per heavy atom. The molecule has 1 aromatic carbocycles. The first kappa shape index (κ1) is 13.2. The lowest BCUT2D eigenvalue weighted by Crippen LogP contribution is -2.04. The molecule has 0 radical (unpaired) electrons. The summed E-state index contributed by atoms with van der Waals surface area (Å²) in [4.78, 5) is 0. The van der Waals surface area contributed by atoms with E-state index in [2.05, 4.69) is 15.7 Å². The summed E-state index contributed by atoms with van der Waals surface area (Å²) in [6.45, 7) is 2.71. The SMILES string of the molecule is Cc1cc(Cn2cc(CO)c3ccc(Cl)cc32)n(C)n1. The Morgan fingerprint density at radius 2 is 2.10 bits per heavy atom. The number of aliphatic hydroxyl groups excluding tert-OH is 1. The van der Waals surface area contributed by atoms with Crippen molar-refractivity contribution in [1.29, 1.82) is 0 Å². The summed E-state index contributed by atoms with van der Waals surface area (Å²) in [6, 6.07) is 7.80. The standard InChI is InChI=1S/C15H16ClN3O/c1-10-5-13(18(2)17-10)8-19-7-11(9-20)14-4-3-12(16)6-15(14)19/h3-7,20H,8-9H2,1-2H3. The van der Waals surface area contributed by atoms with E-state index in [1.807, 2.05) is 43.0 Å². The Morgan fingerprint density at radius 3 is 2.75 bits per heavy atom. The largest absolute Gasteiger partial charge is 0.392 e. The lowest BCUT2D eigenvalue weighted by atomic mass is 10.2. The van der Waals surface area contributed by atoms with Crippen LogP contribution in [0.2, 0.25) is 5.02 Å². The van der Waals surface area contributed by atoms with Crippen molar-refractivity contribution in [2.45, 2.75) is 20.1 Å². The number of fused-ring (bicyclic) bond motifs is 1. The van der Waals surface area contributed by atoms with E-state index in [1.54, 1.807) is 0 Å². The average molecular weight is 290 g/mol. The number of nitrogens with zero attached hydrogens (tertiary/aromatic N) is 3. The molecule has 0 atom stereocenters. The number of hydrogen-bond donors (Lipinski definition) is 1. The minimum absolute atomic E-state index is 0.0234. The highest BCUT2D eigenvalue weighted by Gasteiger charge is 2.10. The van der Waals surface area contributed by atoms with Crippen LogP contribution < -0.4 is 0 Å². The van der Waals surface area contributed by atoms with Gasteiger partial charge < -0.3 is 9.67 Å². The van der Waals surface area contributed by atoms with Crippen LogP contribution in [0, 0.1) is 6.92 Å². The molecule has 0 spiro atoms. The zero-order chi connectivity index (χ0) is 14.3. The molecule has 3 aromatic rings. The number of aliphatic hydroxyl groups is 1. The highest BCUT2D eigenvalue weighted by molar-refractivity contribution is 6.31. The van der Waals surface area contributed by atoms with Crippen LogP contribution in [-0.4, -0.2) is 19.5 Å². The minimum Gasteiger partial charge on any atom is -0.392 e. The first-order valence-corrected chi connectivity index (χ1v) is 6.84. The van der Waals surface area contributed by atoms with Crippen molar-refractivity contribution in [3.63, 3.8) is 0 Å². The van der Waals surface area contributed by atoms with E-state index in [0.717, 1.165) is 27.9 Å². The maximum atomic E-state index is 9.48. The second-order valence-electron chi connectivity index (χ2n) is 5.00. The topological polar surface area (TPSA) is 43.0 Å². The normalized spacial score (nSPS) is 11.4. The van der Waals surface area contributed by atoms with Gasteiger partial charge in [-0.15, -0.1) is 0 Å². The summed E-state index contributed by atoms with van der Waals surface area (Å²) in [5, 5.41) is 15.6. The van der Waals surface area contributed by atoms with Crippen LogP contribution >= 0.6 is 11.6 Å². The van der Waals surface area contributed by atoms with Crippen molar-refractivity contribution in [2.75, 3.05) is 0 Å². The fourth-order valence-corrected chi connectivity index (χ4v) is 2.75. The zero-order valence-electron chi connectivity index (χ0n) is 11.5. The van der Waals surface area contributed by atoms with Crippen LogP contribution in [0.3, 0.4) is 0 Å². The quantitative estimate of drug-likeness (QED) is 0.806. The third kappa shape index (κ3) is 2.21. The van der Waals surface area contributed by atoms with Gasteiger partial charge in [0, 0.05) is 29.2 Å². The van der Waals surface area contributed by atoms with Crippen molar-refractivity contribution < 1.29 is 5.11 Å². The molecule has 2 heterocycles. The molecular formula is C15H16ClN3O. The highest BCUT2D eigenvalue weighted by atomic mass is 35.5. The minimum atomic E-state index is 0.0234. The summed E-state index contributed by atoms with van der Waals surface area (Å²) in [7, 11) is 1.94. The molecule has 0 unspecified atom stereocenters. The molecule has 3 rings (SSSR count). The van der Waals surface area contributed by atoms with Crippen molar-refractivity contribution >= 4 is 22.5 Å². The van der Waals surface area contributed by atoms with Crippen molar-refractivity contribution in [3.05, 3.63) is 52.4 Å². The average Bonchev–Trinajstić information content (AvgIpc) is 2.90. The predicted molar refractivity (Wildman–Crippen MR) is 79.9 cm³/mol. The maximum absolute atomic E-state index is 9.48. The molecule has 0 fully saturated rings. The molecule has 0 bridgehead atoms. The molecule has 20 heavy (non-hydrogen) atoms. The van der Waals surface area contributed by atoms with Crippen LogP contribution in [0.1, 0.15) is 17.0 Å². The smallest absolute Gasteiger partial charge is 0.0702 e. The van der Waals surface area contributed by atoms with Gasteiger partial charge in [-0.2, -0.15) is 5.10 Å². The molecule has 0 saturated heterocycles. The Hall–Kier alpha value is -1.78. The van der Waals surface area contributed by atoms with Gasteiger partial charge in [0.1, 0.15) is 0 Å². The summed E-state index contributed by atoms with van der Waals surface area (Å²) in [5.41, 5.74) is 4.05. The number of benzene rings is 1. The summed E-state index contributed by atoms with van der Waals surface area (Å²) < 4.78 is 3.98. The van der Waals surface area contributed by atoms with E-state index in [4.69, 9.17) is 11.6 Å². The van der Waals surface area contributed by atoms with Gasteiger partial charge >= 0.3 is 0 Å². The van der Waals surface area contributed by atoms with E-state index < -0.39 is 0 Å². The second-order valence-corrected chi connectivity index (χ2v) is 5.44. The van der Waals surface area contributed by atoms with Crippen LogP contribution in [-0.2, 0) is 20.2 Å². The number of halogens is 1. The molecular weight excluding hydrogens is 274 g/mol. The van der Waals surface area contributed by atoms with Crippen LogP contribution in [0.4, 0.5) is 0 Å². The van der Waals surface area contributed by atoms with E-state index in [0.29, 0.717) is 11.6 Å². The van der Waals surface area contributed by atoms with E-state index in [9.17, 15) is 5.11 Å². The lowest BCUT2D eigenvalue weighted by molar-refractivity contribution is 0.283. The van der Waals surface area contributed by atoms with Crippen molar-refractivity contribution in [2.24, 2.45) is 7.05 Å². The first-order valence-electron chi connectivity index (χ1n) is 6.46. The van der Waals surface area contributed by atoms with Crippen LogP contribution in [0.5, 0.6) is 0 Å². The van der Waals surface area contributed by atoms with Crippen LogP contribution in [0.15, 0.2) is 30.5 Å². The van der Waals surface area contributed by atoms with Crippen molar-refractivity contribution in [3.8, 4) is 0 Å². The molecule has 0 aliphatic heterocycles. The monoisotopic (exact) mass is 289 g/mol. The third-order valence-electron chi connectivity index (χ3n) is 3.53. The highest BCUT2D eigenvalue weighted by Crippen LogP contribution is 2.25. The molecule has 0 aliphatic rings. The second kappa shape index (κ2) is 4.96. The number of aryl methyl sites for hydroxylation is 2. The molecule has 4 nitrogen and oxygen atoms in total. The van der Waals surface area contributed by atoms with Gasteiger partial charge in [0.25, 0.3) is 0 Å². The Balaban J connectivity index is 2.11. The maximum Gasteiger partial charge on any atom is 0.0702 e. The summed E-state index contributed by atoms with van der Waals surface area (Å²) >= 11 is 6.09. The first-order chi connectivity index (χ1) is 9.58. The van der Waals surface area contributed by atoms with Gasteiger partial charge in [-0.25, -0.2) is 0 Å². The Bertz CT molecular complexity index is 773. The Kier molecular flexibility index (Phi) is 3.28. The molecule has 0 amide bonds. The number of rotatable bonds is 3. The van der Waals surface area contributed by atoms with Crippen LogP contribution in [0.25, 0.3) is 10.9 Å². The fraction of sp³-hybridized carbons (Fsp3) is 0.267. The summed E-state index contributed by atoms with van der Waals surface area (Å²) in [5.74, 6) is 0. The van der Waals surface area contributed by atoms with E-state index in [-0.39, 0.29) is 6.61 Å². The van der Waals surface area contributed by atoms with E-state index >= 15 is 0 Å². The zero-order valence-corrected chi connectivity index (χ0v) is 12.2. The van der Waals surface area contributed by atoms with Gasteiger partial charge in [-0.3, -0.25) is 4.68 Å². The molecule has 0 saturated carbocycles. The van der Waals surface area contributed by atoms with Gasteiger partial charge in [0.15, 0.2) is 0 Å². The van der Waals surface area contributed by atoms with Gasteiger partial charge in [-0.05, 0) is 25.1 Å². The molecule has 5 heteroatoms. The molecule has 104 valence electrons. The van der Waals surface area contributed by atoms with Crippen molar-refractivity contribution in [1.82, 2.24) is 14.3 Å². The lowest BCUT2D eigenvalue weighted by Gasteiger charge is -2.06. The number of aromatic nitrogens is 3. The summed E-state index contributed by atoms with van der Waals surface area (Å²) in [6.07, 6.45) is 1.98.